The molecule has 1 aliphatic rings. The van der Waals surface area contributed by atoms with Crippen molar-refractivity contribution in [1.82, 2.24) is 9.44 Å². The molecular weight excluding hydrogens is 292 g/mol. The Hall–Kier alpha value is -1.13. The van der Waals surface area contributed by atoms with Gasteiger partial charge in [0.2, 0.25) is 11.3 Å². The van der Waals surface area contributed by atoms with Gasteiger partial charge in [-0.15, -0.1) is 4.72 Å². The monoisotopic (exact) mass is 312 g/mol. The van der Waals surface area contributed by atoms with E-state index in [1.807, 2.05) is 18.2 Å². The molecule has 2 N–H and O–H groups in total. The third-order valence-corrected chi connectivity index (χ3v) is 4.63. The van der Waals surface area contributed by atoms with Gasteiger partial charge in [0, 0.05) is 12.5 Å². The van der Waals surface area contributed by atoms with E-state index in [4.69, 9.17) is 0 Å². The highest BCUT2D eigenvalue weighted by Crippen LogP contribution is 2.11. The van der Waals surface area contributed by atoms with E-state index in [1.165, 1.54) is 18.4 Å². The Labute approximate surface area is 130 Å². The van der Waals surface area contributed by atoms with E-state index < -0.39 is 0 Å². The first kappa shape index (κ1) is 16.9. The topological polar surface area (TPSA) is 41.1 Å². The fourth-order valence-electron chi connectivity index (χ4n) is 2.02. The Morgan fingerprint density at radius 3 is 2.55 bits per heavy atom. The van der Waals surface area contributed by atoms with Crippen molar-refractivity contribution in [3.05, 3.63) is 47.7 Å². The summed E-state index contributed by atoms with van der Waals surface area (Å²) in [5.74, 6) is 1.05. The van der Waals surface area contributed by atoms with E-state index in [0.717, 1.165) is 24.3 Å². The number of hydrogen-bond acceptors (Lipinski definition) is 2. The number of benzene rings is 1. The van der Waals surface area contributed by atoms with Crippen LogP contribution in [0.1, 0.15) is 31.7 Å². The van der Waals surface area contributed by atoms with Crippen LogP contribution in [0.2, 0.25) is 0 Å². The lowest BCUT2D eigenvalue weighted by molar-refractivity contribution is -0.114. The van der Waals surface area contributed by atoms with Gasteiger partial charge in [-0.05, 0) is 18.4 Å². The summed E-state index contributed by atoms with van der Waals surface area (Å²) < 4.78 is 6.44. The minimum absolute atomic E-state index is 0. The molecule has 2 rings (SSSR count). The first-order valence-corrected chi connectivity index (χ1v) is 8.20. The Morgan fingerprint density at radius 1 is 1.10 bits per heavy atom. The van der Waals surface area contributed by atoms with Gasteiger partial charge in [-0.3, -0.25) is 4.79 Å². The van der Waals surface area contributed by atoms with Gasteiger partial charge in [0.1, 0.15) is 0 Å². The molecular formula is C15H21ClN2OS. The van der Waals surface area contributed by atoms with Crippen LogP contribution in [0.15, 0.2) is 42.1 Å². The average Bonchev–Trinajstić information content (AvgIpc) is 2.39. The zero-order chi connectivity index (χ0) is 13.5. The quantitative estimate of drug-likeness (QED) is 0.548. The van der Waals surface area contributed by atoms with E-state index in [9.17, 15) is 4.79 Å². The van der Waals surface area contributed by atoms with Crippen molar-refractivity contribution in [2.75, 3.05) is 5.75 Å². The maximum Gasteiger partial charge on any atom is 0.288 e. The number of allylic oxidation sites excluding steroid dienone is 1. The molecule has 3 nitrogen and oxygen atoms in total. The van der Waals surface area contributed by atoms with Crippen molar-refractivity contribution < 1.29 is 17.2 Å². The molecule has 1 aromatic carbocycles. The molecule has 1 aliphatic heterocycles. The summed E-state index contributed by atoms with van der Waals surface area (Å²) in [5, 5.41) is 0. The van der Waals surface area contributed by atoms with E-state index >= 15 is 0 Å². The number of unbranched alkanes of at least 4 members (excludes halogenated alkanes) is 2. The van der Waals surface area contributed by atoms with Crippen molar-refractivity contribution in [2.24, 2.45) is 0 Å². The second-order valence-corrected chi connectivity index (χ2v) is 6.30. The zero-order valence-electron chi connectivity index (χ0n) is 11.7. The minimum atomic E-state index is -0.198. The second kappa shape index (κ2) is 8.93. The number of carbonyl (C=O) groups excluding carboxylic acids is 1. The number of halogens is 1. The van der Waals surface area contributed by atoms with Gasteiger partial charge in [-0.2, -0.15) is 4.72 Å². The Balaban J connectivity index is 0.00000200. The van der Waals surface area contributed by atoms with Crippen LogP contribution in [0.5, 0.6) is 0 Å². The molecule has 0 saturated carbocycles. The predicted octanol–water partition coefficient (Wildman–Crippen LogP) is -0.525. The SMILES string of the molecule is CCCCC[S+]1NC(=O)C=C(Cc2ccccc2)N1.[Cl-]. The lowest BCUT2D eigenvalue weighted by Crippen LogP contribution is -3.00. The maximum atomic E-state index is 11.7. The van der Waals surface area contributed by atoms with Gasteiger partial charge in [-0.25, -0.2) is 0 Å². The average molecular weight is 313 g/mol. The largest absolute Gasteiger partial charge is 1.00 e. The van der Waals surface area contributed by atoms with Crippen LogP contribution in [0.3, 0.4) is 0 Å². The summed E-state index contributed by atoms with van der Waals surface area (Å²) in [5.41, 5.74) is 2.25. The summed E-state index contributed by atoms with van der Waals surface area (Å²) >= 11 is -0.198. The summed E-state index contributed by atoms with van der Waals surface area (Å²) in [4.78, 5) is 11.7. The molecule has 1 atom stereocenters. The van der Waals surface area contributed by atoms with Gasteiger partial charge in [0.15, 0.2) is 5.75 Å². The molecule has 20 heavy (non-hydrogen) atoms. The standard InChI is InChI=1S/C15H20N2OS.ClH/c1-2-3-7-10-19-16-14(12-15(18)17-19)11-13-8-5-4-6-9-13;/h4-6,8-9,12H,2-3,7,10-11H2,1H3,(H,16,17,18);1H. The van der Waals surface area contributed by atoms with Gasteiger partial charge in [0.25, 0.3) is 5.91 Å². The smallest absolute Gasteiger partial charge is 0.288 e. The van der Waals surface area contributed by atoms with E-state index in [-0.39, 0.29) is 29.6 Å². The van der Waals surface area contributed by atoms with Crippen molar-refractivity contribution >= 4 is 17.2 Å². The van der Waals surface area contributed by atoms with Crippen LogP contribution in [0.25, 0.3) is 0 Å². The molecule has 1 aromatic rings. The normalized spacial score (nSPS) is 17.6. The van der Waals surface area contributed by atoms with Crippen LogP contribution >= 0.6 is 0 Å². The first-order chi connectivity index (χ1) is 9.28. The van der Waals surface area contributed by atoms with Crippen molar-refractivity contribution in [1.29, 1.82) is 0 Å². The van der Waals surface area contributed by atoms with E-state index in [1.54, 1.807) is 6.08 Å². The molecule has 0 spiro atoms. The third kappa shape index (κ3) is 5.47. The maximum absolute atomic E-state index is 11.7. The van der Waals surface area contributed by atoms with E-state index in [0.29, 0.717) is 0 Å². The van der Waals surface area contributed by atoms with Gasteiger partial charge in [0.05, 0.1) is 5.70 Å². The molecule has 0 radical (unpaired) electrons. The van der Waals surface area contributed by atoms with Crippen LogP contribution in [0.4, 0.5) is 0 Å². The number of rotatable bonds is 6. The first-order valence-electron chi connectivity index (χ1n) is 6.80. The van der Waals surface area contributed by atoms with Crippen LogP contribution in [-0.2, 0) is 22.5 Å². The number of amides is 1. The van der Waals surface area contributed by atoms with Crippen LogP contribution < -0.4 is 21.9 Å². The number of hydrogen-bond donors (Lipinski definition) is 2. The summed E-state index contributed by atoms with van der Waals surface area (Å²) in [6.07, 6.45) is 6.06. The van der Waals surface area contributed by atoms with Crippen molar-refractivity contribution in [3.63, 3.8) is 0 Å². The molecule has 1 unspecified atom stereocenters. The van der Waals surface area contributed by atoms with Gasteiger partial charge in [-0.1, -0.05) is 43.7 Å². The Morgan fingerprint density at radius 2 is 1.85 bits per heavy atom. The van der Waals surface area contributed by atoms with Crippen LogP contribution in [0, 0.1) is 0 Å². The second-order valence-electron chi connectivity index (χ2n) is 4.70. The van der Waals surface area contributed by atoms with Gasteiger partial charge >= 0.3 is 0 Å². The summed E-state index contributed by atoms with van der Waals surface area (Å²) in [7, 11) is 0. The molecule has 1 amide bonds. The third-order valence-electron chi connectivity index (χ3n) is 2.97. The highest BCUT2D eigenvalue weighted by atomic mass is 35.5. The van der Waals surface area contributed by atoms with Gasteiger partial charge < -0.3 is 12.4 Å². The van der Waals surface area contributed by atoms with Crippen LogP contribution in [-0.4, -0.2) is 11.7 Å². The molecule has 0 bridgehead atoms. The fourth-order valence-corrected chi connectivity index (χ4v) is 3.52. The predicted molar refractivity (Wildman–Crippen MR) is 81.3 cm³/mol. The molecule has 0 fully saturated rings. The molecule has 1 heterocycles. The lowest BCUT2D eigenvalue weighted by atomic mass is 10.1. The van der Waals surface area contributed by atoms with E-state index in [2.05, 4.69) is 28.5 Å². The Bertz CT molecular complexity index is 450. The molecule has 0 saturated heterocycles. The van der Waals surface area contributed by atoms with Crippen molar-refractivity contribution in [2.45, 2.75) is 32.6 Å². The highest BCUT2D eigenvalue weighted by Gasteiger charge is 2.27. The number of nitrogens with one attached hydrogen (secondary N) is 2. The molecule has 0 aliphatic carbocycles. The molecule has 110 valence electrons. The zero-order valence-corrected chi connectivity index (χ0v) is 13.3. The minimum Gasteiger partial charge on any atom is -1.00 e. The Kier molecular flexibility index (Phi) is 7.55. The van der Waals surface area contributed by atoms with Crippen molar-refractivity contribution in [3.8, 4) is 0 Å². The highest BCUT2D eigenvalue weighted by molar-refractivity contribution is 7.93. The lowest BCUT2D eigenvalue weighted by Gasteiger charge is -2.16. The fraction of sp³-hybridized carbons (Fsp3) is 0.400. The molecule has 0 aromatic heterocycles. The number of carbonyl (C=O) groups is 1. The summed E-state index contributed by atoms with van der Waals surface area (Å²) in [6, 6.07) is 10.2. The summed E-state index contributed by atoms with van der Waals surface area (Å²) in [6.45, 7) is 2.19. The molecule has 5 heteroatoms.